The normalized spacial score (nSPS) is 11.9. The van der Waals surface area contributed by atoms with Crippen LogP contribution in [0.25, 0.3) is 0 Å². The van der Waals surface area contributed by atoms with E-state index in [1.807, 2.05) is 24.3 Å². The number of Topliss-reactive ketones (excluding diaryl/α,β-unsaturated/α-hetero) is 2. The van der Waals surface area contributed by atoms with Gasteiger partial charge in [0.2, 0.25) is 0 Å². The molecule has 0 aliphatic rings. The minimum absolute atomic E-state index is 0.0357. The number of nitrogen functional groups attached to an aromatic ring is 2. The smallest absolute Gasteiger partial charge is 0.162 e. The van der Waals surface area contributed by atoms with Gasteiger partial charge in [0.05, 0.1) is 0 Å². The Balaban J connectivity index is 1.96. The third kappa shape index (κ3) is 4.95. The summed E-state index contributed by atoms with van der Waals surface area (Å²) in [5, 5.41) is 0. The maximum absolute atomic E-state index is 12.2. The molecule has 0 radical (unpaired) electrons. The molecule has 0 bridgehead atoms. The average molecular weight is 310 g/mol. The summed E-state index contributed by atoms with van der Waals surface area (Å²) >= 11 is 0. The highest BCUT2D eigenvalue weighted by Gasteiger charge is 2.17. The van der Waals surface area contributed by atoms with E-state index in [1.165, 1.54) is 0 Å². The van der Waals surface area contributed by atoms with Crippen LogP contribution in [-0.4, -0.2) is 11.6 Å². The molecule has 23 heavy (non-hydrogen) atoms. The number of rotatable bonds is 7. The number of carbonyl (C=O) groups is 2. The van der Waals surface area contributed by atoms with Gasteiger partial charge in [0.25, 0.3) is 0 Å². The summed E-state index contributed by atoms with van der Waals surface area (Å²) < 4.78 is 0. The second-order valence-electron chi connectivity index (χ2n) is 5.84. The molecule has 2 aromatic carbocycles. The molecule has 0 aromatic heterocycles. The molecule has 0 fully saturated rings. The van der Waals surface area contributed by atoms with Crippen molar-refractivity contribution in [3.8, 4) is 0 Å². The van der Waals surface area contributed by atoms with Crippen LogP contribution in [0.4, 0.5) is 11.4 Å². The zero-order valence-electron chi connectivity index (χ0n) is 13.3. The molecule has 4 N–H and O–H groups in total. The molecule has 0 saturated carbocycles. The van der Waals surface area contributed by atoms with E-state index in [0.717, 1.165) is 5.56 Å². The SMILES string of the molecule is CC(=O)C(CCC(=O)c1ccc(N)cc1)Cc1ccc(N)cc1. The first kappa shape index (κ1) is 16.7. The Hall–Kier alpha value is -2.62. The summed E-state index contributed by atoms with van der Waals surface area (Å²) in [5.74, 6) is -0.0168. The largest absolute Gasteiger partial charge is 0.399 e. The lowest BCUT2D eigenvalue weighted by Gasteiger charge is -2.13. The van der Waals surface area contributed by atoms with Gasteiger partial charge >= 0.3 is 0 Å². The van der Waals surface area contributed by atoms with Crippen molar-refractivity contribution in [1.82, 2.24) is 0 Å². The van der Waals surface area contributed by atoms with E-state index in [0.29, 0.717) is 36.2 Å². The highest BCUT2D eigenvalue weighted by Crippen LogP contribution is 2.18. The van der Waals surface area contributed by atoms with Crippen molar-refractivity contribution in [2.24, 2.45) is 5.92 Å². The lowest BCUT2D eigenvalue weighted by Crippen LogP contribution is -2.16. The molecule has 4 nitrogen and oxygen atoms in total. The molecule has 120 valence electrons. The first-order valence-electron chi connectivity index (χ1n) is 7.69. The van der Waals surface area contributed by atoms with Crippen molar-refractivity contribution >= 4 is 22.9 Å². The highest BCUT2D eigenvalue weighted by molar-refractivity contribution is 5.96. The van der Waals surface area contributed by atoms with Crippen molar-refractivity contribution in [3.63, 3.8) is 0 Å². The fourth-order valence-electron chi connectivity index (χ4n) is 2.51. The molecule has 4 heteroatoms. The second-order valence-corrected chi connectivity index (χ2v) is 5.84. The number of hydrogen-bond donors (Lipinski definition) is 2. The standard InChI is InChI=1S/C19H22N2O2/c1-13(22)16(12-14-2-7-17(20)8-3-14)6-11-19(23)15-4-9-18(21)10-5-15/h2-5,7-10,16H,6,11-12,20-21H2,1H3. The summed E-state index contributed by atoms with van der Waals surface area (Å²) in [6, 6.07) is 14.4. The Morgan fingerprint density at radius 1 is 0.913 bits per heavy atom. The second kappa shape index (κ2) is 7.58. The third-order valence-electron chi connectivity index (χ3n) is 3.99. The minimum Gasteiger partial charge on any atom is -0.399 e. The molecule has 0 saturated heterocycles. The maximum Gasteiger partial charge on any atom is 0.162 e. The van der Waals surface area contributed by atoms with Gasteiger partial charge in [0, 0.05) is 29.3 Å². The lowest BCUT2D eigenvalue weighted by atomic mass is 9.90. The Morgan fingerprint density at radius 2 is 1.43 bits per heavy atom. The molecular formula is C19H22N2O2. The van der Waals surface area contributed by atoms with Crippen LogP contribution in [0.5, 0.6) is 0 Å². The summed E-state index contributed by atoms with van der Waals surface area (Å²) in [7, 11) is 0. The average Bonchev–Trinajstić information content (AvgIpc) is 2.53. The van der Waals surface area contributed by atoms with Crippen molar-refractivity contribution in [1.29, 1.82) is 0 Å². The van der Waals surface area contributed by atoms with Gasteiger partial charge in [-0.15, -0.1) is 0 Å². The van der Waals surface area contributed by atoms with E-state index in [1.54, 1.807) is 31.2 Å². The van der Waals surface area contributed by atoms with Crippen LogP contribution in [0.15, 0.2) is 48.5 Å². The van der Waals surface area contributed by atoms with Crippen LogP contribution in [0.3, 0.4) is 0 Å². The van der Waals surface area contributed by atoms with Crippen LogP contribution >= 0.6 is 0 Å². The number of nitrogens with two attached hydrogens (primary N) is 2. The topological polar surface area (TPSA) is 86.2 Å². The van der Waals surface area contributed by atoms with Gasteiger partial charge in [-0.3, -0.25) is 9.59 Å². The van der Waals surface area contributed by atoms with E-state index in [2.05, 4.69) is 0 Å². The molecule has 0 amide bonds. The van der Waals surface area contributed by atoms with Crippen LogP contribution in [-0.2, 0) is 11.2 Å². The first-order chi connectivity index (χ1) is 11.0. The number of ketones is 2. The van der Waals surface area contributed by atoms with Crippen LogP contribution in [0.2, 0.25) is 0 Å². The summed E-state index contributed by atoms with van der Waals surface area (Å²) in [6.07, 6.45) is 1.52. The zero-order valence-corrected chi connectivity index (χ0v) is 13.3. The molecule has 0 heterocycles. The van der Waals surface area contributed by atoms with Crippen molar-refractivity contribution in [2.45, 2.75) is 26.2 Å². The van der Waals surface area contributed by atoms with Gasteiger partial charge in [-0.25, -0.2) is 0 Å². The fraction of sp³-hybridized carbons (Fsp3) is 0.263. The number of carbonyl (C=O) groups excluding carboxylic acids is 2. The van der Waals surface area contributed by atoms with Crippen molar-refractivity contribution in [3.05, 3.63) is 59.7 Å². The van der Waals surface area contributed by atoms with Gasteiger partial charge in [0.15, 0.2) is 5.78 Å². The van der Waals surface area contributed by atoms with E-state index >= 15 is 0 Å². The first-order valence-corrected chi connectivity index (χ1v) is 7.69. The molecule has 2 aromatic rings. The van der Waals surface area contributed by atoms with Crippen LogP contribution < -0.4 is 11.5 Å². The van der Waals surface area contributed by atoms with Crippen LogP contribution in [0.1, 0.15) is 35.7 Å². The molecule has 0 aliphatic carbocycles. The molecule has 0 aliphatic heterocycles. The summed E-state index contributed by atoms with van der Waals surface area (Å²) in [4.78, 5) is 24.1. The van der Waals surface area contributed by atoms with E-state index in [4.69, 9.17) is 11.5 Å². The van der Waals surface area contributed by atoms with Gasteiger partial charge in [-0.05, 0) is 61.7 Å². The Morgan fingerprint density at radius 3 is 1.96 bits per heavy atom. The molecule has 1 unspecified atom stereocenters. The van der Waals surface area contributed by atoms with Gasteiger partial charge in [-0.2, -0.15) is 0 Å². The van der Waals surface area contributed by atoms with Gasteiger partial charge in [-0.1, -0.05) is 12.1 Å². The van der Waals surface area contributed by atoms with E-state index < -0.39 is 0 Å². The van der Waals surface area contributed by atoms with Crippen molar-refractivity contribution < 1.29 is 9.59 Å². The molecule has 2 rings (SSSR count). The van der Waals surface area contributed by atoms with Gasteiger partial charge < -0.3 is 11.5 Å². The molecular weight excluding hydrogens is 288 g/mol. The van der Waals surface area contributed by atoms with Crippen LogP contribution in [0, 0.1) is 5.92 Å². The van der Waals surface area contributed by atoms with Gasteiger partial charge in [0.1, 0.15) is 5.78 Å². The predicted molar refractivity (Wildman–Crippen MR) is 93.1 cm³/mol. The predicted octanol–water partition coefficient (Wildman–Crippen LogP) is 3.26. The van der Waals surface area contributed by atoms with Crippen molar-refractivity contribution in [2.75, 3.05) is 11.5 Å². The summed E-state index contributed by atoms with van der Waals surface area (Å²) in [6.45, 7) is 1.58. The Labute approximate surface area is 136 Å². The fourth-order valence-corrected chi connectivity index (χ4v) is 2.51. The highest BCUT2D eigenvalue weighted by atomic mass is 16.1. The zero-order chi connectivity index (χ0) is 16.8. The molecule has 1 atom stereocenters. The lowest BCUT2D eigenvalue weighted by molar-refractivity contribution is -0.120. The van der Waals surface area contributed by atoms with E-state index in [-0.39, 0.29) is 17.5 Å². The maximum atomic E-state index is 12.2. The third-order valence-corrected chi connectivity index (χ3v) is 3.99. The summed E-state index contributed by atoms with van der Waals surface area (Å²) in [5.41, 5.74) is 14.3. The number of hydrogen-bond acceptors (Lipinski definition) is 4. The monoisotopic (exact) mass is 310 g/mol. The number of benzene rings is 2. The quantitative estimate of drug-likeness (QED) is 0.607. The molecule has 0 spiro atoms. The Kier molecular flexibility index (Phi) is 5.52. The number of anilines is 2. The Bertz CT molecular complexity index is 676. The van der Waals surface area contributed by atoms with E-state index in [9.17, 15) is 9.59 Å². The minimum atomic E-state index is -0.156.